The van der Waals surface area contributed by atoms with Gasteiger partial charge in [0.25, 0.3) is 0 Å². The first-order chi connectivity index (χ1) is 10.3. The van der Waals surface area contributed by atoms with E-state index < -0.39 is 11.9 Å². The third kappa shape index (κ3) is 4.92. The molecule has 4 nitrogen and oxygen atoms in total. The minimum absolute atomic E-state index is 0.250. The Morgan fingerprint density at radius 2 is 1.91 bits per heavy atom. The van der Waals surface area contributed by atoms with Gasteiger partial charge in [-0.1, -0.05) is 11.6 Å². The molecule has 0 aliphatic carbocycles. The highest BCUT2D eigenvalue weighted by molar-refractivity contribution is 6.30. The molecule has 2 aromatic rings. The summed E-state index contributed by atoms with van der Waals surface area (Å²) in [6, 6.07) is 7.92. The zero-order chi connectivity index (χ0) is 16.2. The molecule has 22 heavy (non-hydrogen) atoms. The summed E-state index contributed by atoms with van der Waals surface area (Å²) in [6.45, 7) is 1.20. The lowest BCUT2D eigenvalue weighted by molar-refractivity contribution is -0.141. The van der Waals surface area contributed by atoms with Gasteiger partial charge in [-0.15, -0.1) is 0 Å². The van der Waals surface area contributed by atoms with E-state index in [1.165, 1.54) is 10.9 Å². The van der Waals surface area contributed by atoms with E-state index in [1.54, 1.807) is 31.3 Å². The highest BCUT2D eigenvalue weighted by atomic mass is 35.5. The van der Waals surface area contributed by atoms with Crippen LogP contribution in [0.1, 0.15) is 5.69 Å². The molecule has 0 atom stereocenters. The maximum atomic E-state index is 12.4. The van der Waals surface area contributed by atoms with Gasteiger partial charge in [0, 0.05) is 17.8 Å². The van der Waals surface area contributed by atoms with Crippen LogP contribution in [-0.4, -0.2) is 34.9 Å². The summed E-state index contributed by atoms with van der Waals surface area (Å²) < 4.78 is 44.1. The highest BCUT2D eigenvalue weighted by Gasteiger charge is 2.33. The van der Waals surface area contributed by atoms with Gasteiger partial charge in [-0.2, -0.15) is 18.3 Å². The first-order valence-electron chi connectivity index (χ1n) is 6.52. The number of benzene rings is 1. The van der Waals surface area contributed by atoms with Crippen LogP contribution in [0, 0.1) is 0 Å². The number of likely N-dealkylation sites (N-methyl/N-ethyl adjacent to an activating group) is 1. The van der Waals surface area contributed by atoms with Crippen molar-refractivity contribution in [3.05, 3.63) is 47.2 Å². The van der Waals surface area contributed by atoms with E-state index in [2.05, 4.69) is 5.10 Å². The third-order valence-electron chi connectivity index (χ3n) is 2.87. The van der Waals surface area contributed by atoms with Crippen molar-refractivity contribution in [2.24, 2.45) is 0 Å². The molecule has 1 aromatic carbocycles. The third-order valence-corrected chi connectivity index (χ3v) is 3.12. The van der Waals surface area contributed by atoms with Gasteiger partial charge in [0.2, 0.25) is 0 Å². The zero-order valence-electron chi connectivity index (χ0n) is 11.8. The Labute approximate surface area is 131 Å². The Kier molecular flexibility index (Phi) is 5.31. The molecule has 0 saturated carbocycles. The summed E-state index contributed by atoms with van der Waals surface area (Å²) in [5, 5.41) is 4.12. The number of alkyl halides is 3. The average Bonchev–Trinajstić information content (AvgIpc) is 2.89. The topological polar surface area (TPSA) is 30.3 Å². The van der Waals surface area contributed by atoms with Crippen LogP contribution in [0.4, 0.5) is 13.2 Å². The Bertz CT molecular complexity index is 598. The van der Waals surface area contributed by atoms with E-state index in [-0.39, 0.29) is 6.67 Å². The monoisotopic (exact) mass is 333 g/mol. The Morgan fingerprint density at radius 3 is 2.50 bits per heavy atom. The van der Waals surface area contributed by atoms with Gasteiger partial charge in [0.1, 0.15) is 12.4 Å². The Balaban J connectivity index is 1.77. The molecule has 8 heteroatoms. The SMILES string of the molecule is CN(CCOc1ccc(Cl)cc1)Cn1ccc(C(F)(F)F)n1. The van der Waals surface area contributed by atoms with Crippen molar-refractivity contribution in [3.8, 4) is 5.75 Å². The second-order valence-electron chi connectivity index (χ2n) is 4.76. The van der Waals surface area contributed by atoms with Gasteiger partial charge in [-0.05, 0) is 37.4 Å². The van der Waals surface area contributed by atoms with Crippen LogP contribution in [0.25, 0.3) is 0 Å². The van der Waals surface area contributed by atoms with Gasteiger partial charge >= 0.3 is 6.18 Å². The van der Waals surface area contributed by atoms with E-state index in [9.17, 15) is 13.2 Å². The summed E-state index contributed by atoms with van der Waals surface area (Å²) in [5.41, 5.74) is -0.890. The van der Waals surface area contributed by atoms with E-state index in [4.69, 9.17) is 16.3 Å². The van der Waals surface area contributed by atoms with Crippen molar-refractivity contribution in [2.45, 2.75) is 12.8 Å². The summed E-state index contributed by atoms with van der Waals surface area (Å²) >= 11 is 5.77. The maximum absolute atomic E-state index is 12.4. The van der Waals surface area contributed by atoms with Gasteiger partial charge < -0.3 is 4.74 Å². The second kappa shape index (κ2) is 7.02. The van der Waals surface area contributed by atoms with Gasteiger partial charge in [-0.25, -0.2) is 0 Å². The highest BCUT2D eigenvalue weighted by Crippen LogP contribution is 2.27. The van der Waals surface area contributed by atoms with Crippen LogP contribution in [0.3, 0.4) is 0 Å². The van der Waals surface area contributed by atoms with E-state index in [0.717, 1.165) is 6.07 Å². The first kappa shape index (κ1) is 16.6. The van der Waals surface area contributed by atoms with E-state index in [1.807, 2.05) is 4.90 Å². The quantitative estimate of drug-likeness (QED) is 0.810. The molecule has 0 radical (unpaired) electrons. The van der Waals surface area contributed by atoms with E-state index in [0.29, 0.717) is 23.9 Å². The standard InChI is InChI=1S/C14H15ClF3N3O/c1-20(8-9-22-12-4-2-11(15)3-5-12)10-21-7-6-13(19-21)14(16,17)18/h2-7H,8-10H2,1H3. The fraction of sp³-hybridized carbons (Fsp3) is 0.357. The summed E-state index contributed by atoms with van der Waals surface area (Å²) in [6.07, 6.45) is -3.11. The molecule has 0 unspecified atom stereocenters. The predicted molar refractivity (Wildman–Crippen MR) is 76.8 cm³/mol. The van der Waals surface area contributed by atoms with Crippen molar-refractivity contribution in [2.75, 3.05) is 20.2 Å². The molecular weight excluding hydrogens is 319 g/mol. The van der Waals surface area contributed by atoms with Crippen LogP contribution in [0.15, 0.2) is 36.5 Å². The molecule has 1 heterocycles. The van der Waals surface area contributed by atoms with Crippen molar-refractivity contribution < 1.29 is 17.9 Å². The Hall–Kier alpha value is -1.73. The molecule has 0 aliphatic heterocycles. The smallest absolute Gasteiger partial charge is 0.435 e. The molecular formula is C14H15ClF3N3O. The molecule has 0 spiro atoms. The number of aromatic nitrogens is 2. The van der Waals surface area contributed by atoms with Crippen molar-refractivity contribution in [1.29, 1.82) is 0 Å². The lowest BCUT2D eigenvalue weighted by Crippen LogP contribution is -2.27. The van der Waals surface area contributed by atoms with Crippen LogP contribution >= 0.6 is 11.6 Å². The van der Waals surface area contributed by atoms with Gasteiger partial charge in [0.15, 0.2) is 5.69 Å². The summed E-state index contributed by atoms with van der Waals surface area (Å²) in [7, 11) is 1.78. The number of hydrogen-bond donors (Lipinski definition) is 0. The van der Waals surface area contributed by atoms with Crippen molar-refractivity contribution in [1.82, 2.24) is 14.7 Å². The van der Waals surface area contributed by atoms with Gasteiger partial charge in [-0.3, -0.25) is 9.58 Å². The summed E-state index contributed by atoms with van der Waals surface area (Å²) in [4.78, 5) is 1.81. The fourth-order valence-electron chi connectivity index (χ4n) is 1.76. The predicted octanol–water partition coefficient (Wildman–Crippen LogP) is 3.52. The summed E-state index contributed by atoms with van der Waals surface area (Å²) in [5.74, 6) is 0.691. The molecule has 0 fully saturated rings. The number of halogens is 4. The average molecular weight is 334 g/mol. The molecule has 0 aliphatic rings. The first-order valence-corrected chi connectivity index (χ1v) is 6.90. The van der Waals surface area contributed by atoms with Crippen molar-refractivity contribution >= 4 is 11.6 Å². The zero-order valence-corrected chi connectivity index (χ0v) is 12.6. The second-order valence-corrected chi connectivity index (χ2v) is 5.20. The van der Waals surface area contributed by atoms with Gasteiger partial charge in [0.05, 0.1) is 6.67 Å². The number of rotatable bonds is 6. The normalized spacial score (nSPS) is 11.9. The van der Waals surface area contributed by atoms with Crippen LogP contribution < -0.4 is 4.74 Å². The molecule has 1 aromatic heterocycles. The molecule has 120 valence electrons. The van der Waals surface area contributed by atoms with Crippen molar-refractivity contribution in [3.63, 3.8) is 0 Å². The lowest BCUT2D eigenvalue weighted by Gasteiger charge is -2.17. The Morgan fingerprint density at radius 1 is 1.23 bits per heavy atom. The largest absolute Gasteiger partial charge is 0.492 e. The lowest BCUT2D eigenvalue weighted by atomic mass is 10.3. The van der Waals surface area contributed by atoms with Crippen LogP contribution in [-0.2, 0) is 12.8 Å². The maximum Gasteiger partial charge on any atom is 0.435 e. The minimum atomic E-state index is -4.42. The fourth-order valence-corrected chi connectivity index (χ4v) is 1.89. The number of ether oxygens (including phenoxy) is 1. The minimum Gasteiger partial charge on any atom is -0.492 e. The molecule has 0 saturated heterocycles. The van der Waals surface area contributed by atoms with Crippen LogP contribution in [0.5, 0.6) is 5.75 Å². The molecule has 2 rings (SSSR count). The molecule has 0 bridgehead atoms. The van der Waals surface area contributed by atoms with Crippen LogP contribution in [0.2, 0.25) is 5.02 Å². The number of nitrogens with zero attached hydrogens (tertiary/aromatic N) is 3. The number of hydrogen-bond acceptors (Lipinski definition) is 3. The van der Waals surface area contributed by atoms with E-state index >= 15 is 0 Å². The molecule has 0 N–H and O–H groups in total. The molecule has 0 amide bonds.